The van der Waals surface area contributed by atoms with Crippen molar-refractivity contribution in [3.63, 3.8) is 0 Å². The molecule has 0 radical (unpaired) electrons. The number of carbonyl (C=O) groups is 2. The van der Waals surface area contributed by atoms with Gasteiger partial charge in [0.1, 0.15) is 0 Å². The zero-order valence-corrected chi connectivity index (χ0v) is 19.2. The number of amides is 2. The van der Waals surface area contributed by atoms with E-state index >= 15 is 0 Å². The molecule has 5 heteroatoms. The molecule has 2 fully saturated rings. The van der Waals surface area contributed by atoms with Gasteiger partial charge in [-0.15, -0.1) is 0 Å². The Balaban J connectivity index is 1.36. The SMILES string of the molecule is CCCN(C(=O)c1cc(C2CC2)nc2ccccc12)C1CCN(C(=O)c2ccccc2)CC1. The number of piperidine rings is 1. The van der Waals surface area contributed by atoms with Gasteiger partial charge in [-0.25, -0.2) is 0 Å². The molecular weight excluding hydrogens is 410 g/mol. The summed E-state index contributed by atoms with van der Waals surface area (Å²) in [6, 6.07) is 19.6. The van der Waals surface area contributed by atoms with Gasteiger partial charge in [-0.1, -0.05) is 43.3 Å². The fraction of sp³-hybridized carbons (Fsp3) is 0.393. The van der Waals surface area contributed by atoms with E-state index in [1.165, 1.54) is 0 Å². The Hall–Kier alpha value is -3.21. The van der Waals surface area contributed by atoms with Crippen LogP contribution in [0.5, 0.6) is 0 Å². The number of fused-ring (bicyclic) bond motifs is 1. The van der Waals surface area contributed by atoms with Crippen LogP contribution in [0.4, 0.5) is 0 Å². The van der Waals surface area contributed by atoms with Crippen molar-refractivity contribution in [1.82, 2.24) is 14.8 Å². The quantitative estimate of drug-likeness (QED) is 0.524. The molecule has 0 atom stereocenters. The van der Waals surface area contributed by atoms with E-state index in [0.29, 0.717) is 19.0 Å². The molecule has 1 aliphatic heterocycles. The van der Waals surface area contributed by atoms with Crippen LogP contribution in [0.15, 0.2) is 60.7 Å². The maximum Gasteiger partial charge on any atom is 0.254 e. The molecule has 1 aromatic heterocycles. The second-order valence-corrected chi connectivity index (χ2v) is 9.27. The van der Waals surface area contributed by atoms with Crippen LogP contribution < -0.4 is 0 Å². The van der Waals surface area contributed by atoms with Gasteiger partial charge in [0.05, 0.1) is 11.1 Å². The number of pyridine rings is 1. The normalized spacial score (nSPS) is 16.7. The molecule has 2 heterocycles. The number of aromatic nitrogens is 1. The fourth-order valence-electron chi connectivity index (χ4n) is 4.95. The number of hydrogen-bond donors (Lipinski definition) is 0. The Kier molecular flexibility index (Phi) is 6.12. The molecule has 1 saturated heterocycles. The lowest BCUT2D eigenvalue weighted by Crippen LogP contribution is -2.49. The molecule has 2 amide bonds. The highest BCUT2D eigenvalue weighted by Gasteiger charge is 2.32. The summed E-state index contributed by atoms with van der Waals surface area (Å²) in [7, 11) is 0. The van der Waals surface area contributed by atoms with Crippen LogP contribution in [-0.4, -0.2) is 52.3 Å². The summed E-state index contributed by atoms with van der Waals surface area (Å²) in [4.78, 5) is 35.6. The first kappa shape index (κ1) is 21.6. The lowest BCUT2D eigenvalue weighted by Gasteiger charge is -2.39. The van der Waals surface area contributed by atoms with Crippen molar-refractivity contribution in [1.29, 1.82) is 0 Å². The Morgan fingerprint density at radius 1 is 0.970 bits per heavy atom. The van der Waals surface area contributed by atoms with Crippen molar-refractivity contribution < 1.29 is 9.59 Å². The summed E-state index contributed by atoms with van der Waals surface area (Å²) in [5, 5.41) is 0.935. The molecule has 33 heavy (non-hydrogen) atoms. The molecule has 170 valence electrons. The molecule has 1 aliphatic carbocycles. The van der Waals surface area contributed by atoms with Crippen molar-refractivity contribution in [3.8, 4) is 0 Å². The van der Waals surface area contributed by atoms with Gasteiger partial charge >= 0.3 is 0 Å². The van der Waals surface area contributed by atoms with Crippen LogP contribution in [-0.2, 0) is 0 Å². The van der Waals surface area contributed by atoms with E-state index in [0.717, 1.165) is 66.4 Å². The van der Waals surface area contributed by atoms with Crippen molar-refractivity contribution in [2.45, 2.75) is 51.0 Å². The van der Waals surface area contributed by atoms with Gasteiger partial charge in [-0.05, 0) is 56.4 Å². The Labute approximate surface area is 195 Å². The maximum absolute atomic E-state index is 13.9. The number of para-hydroxylation sites is 1. The summed E-state index contributed by atoms with van der Waals surface area (Å²) < 4.78 is 0. The average molecular weight is 442 g/mol. The van der Waals surface area contributed by atoms with Gasteiger partial charge in [-0.2, -0.15) is 0 Å². The number of nitrogens with zero attached hydrogens (tertiary/aromatic N) is 3. The summed E-state index contributed by atoms with van der Waals surface area (Å²) >= 11 is 0. The first-order valence-corrected chi connectivity index (χ1v) is 12.2. The topological polar surface area (TPSA) is 53.5 Å². The average Bonchev–Trinajstić information content (AvgIpc) is 3.72. The Bertz CT molecular complexity index is 1150. The van der Waals surface area contributed by atoms with Crippen LogP contribution in [0.1, 0.15) is 71.4 Å². The van der Waals surface area contributed by atoms with Crippen molar-refractivity contribution >= 4 is 22.7 Å². The highest BCUT2D eigenvalue weighted by Crippen LogP contribution is 2.40. The van der Waals surface area contributed by atoms with E-state index in [4.69, 9.17) is 4.98 Å². The molecule has 5 rings (SSSR count). The third-order valence-corrected chi connectivity index (χ3v) is 6.90. The maximum atomic E-state index is 13.9. The molecule has 3 aromatic rings. The van der Waals surface area contributed by atoms with Crippen LogP contribution in [0.25, 0.3) is 10.9 Å². The number of hydrogen-bond acceptors (Lipinski definition) is 3. The number of likely N-dealkylation sites (tertiary alicyclic amines) is 1. The highest BCUT2D eigenvalue weighted by molar-refractivity contribution is 6.06. The molecule has 2 aliphatic rings. The van der Waals surface area contributed by atoms with E-state index in [9.17, 15) is 9.59 Å². The number of rotatable bonds is 6. The smallest absolute Gasteiger partial charge is 0.254 e. The summed E-state index contributed by atoms with van der Waals surface area (Å²) in [5.74, 6) is 0.676. The van der Waals surface area contributed by atoms with E-state index in [-0.39, 0.29) is 17.9 Å². The van der Waals surface area contributed by atoms with Gasteiger partial charge in [0.25, 0.3) is 11.8 Å². The molecule has 0 N–H and O–H groups in total. The van der Waals surface area contributed by atoms with Gasteiger partial charge in [0.15, 0.2) is 0 Å². The van der Waals surface area contributed by atoms with Crippen molar-refractivity contribution in [2.24, 2.45) is 0 Å². The zero-order valence-electron chi connectivity index (χ0n) is 19.2. The third kappa shape index (κ3) is 4.50. The molecule has 0 bridgehead atoms. The number of benzene rings is 2. The first-order chi connectivity index (χ1) is 16.2. The van der Waals surface area contributed by atoms with Gasteiger partial charge in [0, 0.05) is 48.2 Å². The largest absolute Gasteiger partial charge is 0.338 e. The molecule has 1 saturated carbocycles. The van der Waals surface area contributed by atoms with E-state index in [1.807, 2.05) is 65.6 Å². The van der Waals surface area contributed by atoms with Crippen LogP contribution in [0.3, 0.4) is 0 Å². The predicted molar refractivity (Wildman–Crippen MR) is 130 cm³/mol. The van der Waals surface area contributed by atoms with E-state index in [1.54, 1.807) is 0 Å². The summed E-state index contributed by atoms with van der Waals surface area (Å²) in [6.45, 7) is 4.20. The number of carbonyl (C=O) groups excluding carboxylic acids is 2. The molecule has 2 aromatic carbocycles. The third-order valence-electron chi connectivity index (χ3n) is 6.90. The molecule has 5 nitrogen and oxygen atoms in total. The van der Waals surface area contributed by atoms with Crippen molar-refractivity contribution in [2.75, 3.05) is 19.6 Å². The minimum absolute atomic E-state index is 0.0802. The second-order valence-electron chi connectivity index (χ2n) is 9.27. The minimum Gasteiger partial charge on any atom is -0.338 e. The highest BCUT2D eigenvalue weighted by atomic mass is 16.2. The first-order valence-electron chi connectivity index (χ1n) is 12.2. The summed E-state index contributed by atoms with van der Waals surface area (Å²) in [5.41, 5.74) is 3.47. The summed E-state index contributed by atoms with van der Waals surface area (Å²) in [6.07, 6.45) is 4.84. The van der Waals surface area contributed by atoms with Crippen molar-refractivity contribution in [3.05, 3.63) is 77.5 Å². The van der Waals surface area contributed by atoms with Gasteiger partial charge in [0.2, 0.25) is 0 Å². The lowest BCUT2D eigenvalue weighted by molar-refractivity contribution is 0.0520. The van der Waals surface area contributed by atoms with Gasteiger partial charge < -0.3 is 9.80 Å². The standard InChI is InChI=1S/C28H31N3O2/c1-2-16-31(22-14-17-30(18-15-22)27(32)21-8-4-3-5-9-21)28(33)24-19-26(20-12-13-20)29-25-11-7-6-10-23(24)25/h3-11,19-20,22H,2,12-18H2,1H3. The van der Waals surface area contributed by atoms with Crippen LogP contribution >= 0.6 is 0 Å². The van der Waals surface area contributed by atoms with Crippen LogP contribution in [0, 0.1) is 0 Å². The van der Waals surface area contributed by atoms with E-state index < -0.39 is 0 Å². The minimum atomic E-state index is 0.0802. The lowest BCUT2D eigenvalue weighted by atomic mass is 9.99. The van der Waals surface area contributed by atoms with Crippen LogP contribution in [0.2, 0.25) is 0 Å². The molecule has 0 spiro atoms. The monoisotopic (exact) mass is 441 g/mol. The molecule has 0 unspecified atom stereocenters. The van der Waals surface area contributed by atoms with Gasteiger partial charge in [-0.3, -0.25) is 14.6 Å². The second kappa shape index (κ2) is 9.34. The molecular formula is C28H31N3O2. The van der Waals surface area contributed by atoms with E-state index in [2.05, 4.69) is 11.8 Å². The zero-order chi connectivity index (χ0) is 22.8. The Morgan fingerprint density at radius 3 is 2.36 bits per heavy atom. The Morgan fingerprint density at radius 2 is 1.67 bits per heavy atom. The predicted octanol–water partition coefficient (Wildman–Crippen LogP) is 5.27. The fourth-order valence-corrected chi connectivity index (χ4v) is 4.95.